The highest BCUT2D eigenvalue weighted by Crippen LogP contribution is 2.45. The topological polar surface area (TPSA) is 80.5 Å². The molecule has 4 aromatic rings. The lowest BCUT2D eigenvalue weighted by Gasteiger charge is -2.48. The highest BCUT2D eigenvalue weighted by Gasteiger charge is 2.52. The predicted octanol–water partition coefficient (Wildman–Crippen LogP) is 6.01. The summed E-state index contributed by atoms with van der Waals surface area (Å²) in [6.07, 6.45) is 1.93. The molecule has 37 heavy (non-hydrogen) atoms. The Balaban J connectivity index is 1.36. The van der Waals surface area contributed by atoms with Gasteiger partial charge in [-0.1, -0.05) is 74.8 Å². The van der Waals surface area contributed by atoms with E-state index in [9.17, 15) is 0 Å². The lowest BCUT2D eigenvalue weighted by atomic mass is 9.96. The molecule has 4 unspecified atom stereocenters. The van der Waals surface area contributed by atoms with Crippen molar-refractivity contribution in [2.24, 2.45) is 0 Å². The Kier molecular flexibility index (Phi) is 7.64. The summed E-state index contributed by atoms with van der Waals surface area (Å²) < 4.78 is 28.0. The monoisotopic (exact) mass is 620 g/mol. The minimum absolute atomic E-state index is 0.344. The molecule has 12 heteroatoms. The largest absolute Gasteiger partial charge is 0.375 e. The molecule has 2 aromatic heterocycles. The summed E-state index contributed by atoms with van der Waals surface area (Å²) in [5.41, 5.74) is 1.22. The molecule has 4 heterocycles. The van der Waals surface area contributed by atoms with Gasteiger partial charge in [-0.05, 0) is 18.2 Å². The van der Waals surface area contributed by atoms with Crippen molar-refractivity contribution in [1.29, 1.82) is 0 Å². The second-order valence-corrected chi connectivity index (χ2v) is 11.9. The number of hydrogen-bond acceptors (Lipinski definition) is 9. The molecule has 2 fully saturated rings. The fraction of sp³-hybridized carbons (Fsp3) is 0.320. The van der Waals surface area contributed by atoms with Gasteiger partial charge in [-0.3, -0.25) is 0 Å². The molecule has 0 aliphatic carbocycles. The Labute approximate surface area is 235 Å². The number of thiazole rings is 1. The first kappa shape index (κ1) is 25.4. The third-order valence-corrected chi connectivity index (χ3v) is 9.19. The zero-order valence-electron chi connectivity index (χ0n) is 19.5. The molecule has 6 rings (SSSR count). The fourth-order valence-corrected chi connectivity index (χ4v) is 7.14. The number of rotatable bonds is 6. The Morgan fingerprint density at radius 2 is 2.05 bits per heavy atom. The first-order valence-electron chi connectivity index (χ1n) is 11.5. The van der Waals surface area contributed by atoms with E-state index < -0.39 is 23.9 Å². The maximum atomic E-state index is 6.55. The quantitative estimate of drug-likeness (QED) is 0.259. The lowest BCUT2D eigenvalue weighted by Crippen LogP contribution is -2.59. The van der Waals surface area contributed by atoms with Crippen LogP contribution in [0.25, 0.3) is 10.7 Å². The van der Waals surface area contributed by atoms with Crippen LogP contribution in [0.15, 0.2) is 75.7 Å². The normalized spacial score (nSPS) is 27.6. The number of methoxy groups -OCH3 is 1. The number of ether oxygens (including phenoxy) is 4. The smallest absolute Gasteiger partial charge is 0.184 e. The molecule has 2 aromatic carbocycles. The summed E-state index contributed by atoms with van der Waals surface area (Å²) in [7, 11) is 1.67. The number of hydrogen-bond donors (Lipinski definition) is 0. The highest BCUT2D eigenvalue weighted by atomic mass is 79.9. The van der Waals surface area contributed by atoms with E-state index in [-0.39, 0.29) is 12.1 Å². The summed E-state index contributed by atoms with van der Waals surface area (Å²) in [5.74, 6) is 0. The Hall–Kier alpha value is -1.83. The SMILES string of the molecule is COC1C(n2cc(-c3nccs3)nn2)[C@H]2OC(c3ccccc3)OCC2O[C@@H]1Sc1cc(Br)ccc1Cl. The van der Waals surface area contributed by atoms with Crippen molar-refractivity contribution in [3.8, 4) is 10.7 Å². The fourth-order valence-electron chi connectivity index (χ4n) is 4.56. The van der Waals surface area contributed by atoms with E-state index in [1.165, 1.54) is 23.1 Å². The van der Waals surface area contributed by atoms with E-state index >= 15 is 0 Å². The summed E-state index contributed by atoms with van der Waals surface area (Å²) in [5, 5.41) is 12.2. The molecule has 0 bridgehead atoms. The lowest BCUT2D eigenvalue weighted by molar-refractivity contribution is -0.308. The maximum absolute atomic E-state index is 6.55. The Bertz CT molecular complexity index is 1350. The number of fused-ring (bicyclic) bond motifs is 1. The molecule has 0 spiro atoms. The van der Waals surface area contributed by atoms with Crippen LogP contribution in [0.3, 0.4) is 0 Å². The van der Waals surface area contributed by atoms with Gasteiger partial charge in [-0.15, -0.1) is 16.4 Å². The number of halogens is 2. The van der Waals surface area contributed by atoms with E-state index in [0.717, 1.165) is 19.9 Å². The van der Waals surface area contributed by atoms with Gasteiger partial charge in [0.15, 0.2) is 6.29 Å². The van der Waals surface area contributed by atoms with E-state index in [1.54, 1.807) is 13.3 Å². The van der Waals surface area contributed by atoms with Crippen LogP contribution in [0.4, 0.5) is 0 Å². The zero-order chi connectivity index (χ0) is 25.4. The van der Waals surface area contributed by atoms with Gasteiger partial charge >= 0.3 is 0 Å². The zero-order valence-corrected chi connectivity index (χ0v) is 23.5. The second-order valence-electron chi connectivity index (χ2n) is 8.52. The third kappa shape index (κ3) is 5.24. The van der Waals surface area contributed by atoms with Gasteiger partial charge in [-0.2, -0.15) is 0 Å². The first-order valence-corrected chi connectivity index (χ1v) is 14.5. The minimum Gasteiger partial charge on any atom is -0.375 e. The van der Waals surface area contributed by atoms with Crippen molar-refractivity contribution in [1.82, 2.24) is 20.0 Å². The molecule has 2 saturated heterocycles. The highest BCUT2D eigenvalue weighted by molar-refractivity contribution is 9.10. The van der Waals surface area contributed by atoms with Gasteiger partial charge in [0.2, 0.25) is 0 Å². The molecule has 8 nitrogen and oxygen atoms in total. The molecule has 2 aliphatic rings. The van der Waals surface area contributed by atoms with Crippen LogP contribution in [0.2, 0.25) is 5.02 Å². The molecule has 2 aliphatic heterocycles. The van der Waals surface area contributed by atoms with Crippen molar-refractivity contribution in [2.75, 3.05) is 13.7 Å². The van der Waals surface area contributed by atoms with Crippen molar-refractivity contribution in [3.63, 3.8) is 0 Å². The van der Waals surface area contributed by atoms with Gasteiger partial charge in [0.1, 0.15) is 40.5 Å². The maximum Gasteiger partial charge on any atom is 0.184 e. The van der Waals surface area contributed by atoms with Crippen molar-refractivity contribution in [2.45, 2.75) is 41.0 Å². The van der Waals surface area contributed by atoms with Crippen LogP contribution in [-0.4, -0.2) is 57.4 Å². The summed E-state index contributed by atoms with van der Waals surface area (Å²) in [4.78, 5) is 5.26. The molecular weight excluding hydrogens is 600 g/mol. The van der Waals surface area contributed by atoms with Crippen LogP contribution in [0, 0.1) is 0 Å². The summed E-state index contributed by atoms with van der Waals surface area (Å²) >= 11 is 13.1. The molecule has 0 saturated carbocycles. The van der Waals surface area contributed by atoms with Gasteiger partial charge in [-0.25, -0.2) is 9.67 Å². The van der Waals surface area contributed by atoms with Crippen molar-refractivity contribution in [3.05, 3.63) is 81.4 Å². The van der Waals surface area contributed by atoms with Crippen LogP contribution in [0.5, 0.6) is 0 Å². The number of benzene rings is 2. The van der Waals surface area contributed by atoms with Crippen LogP contribution in [0.1, 0.15) is 17.9 Å². The van der Waals surface area contributed by atoms with Gasteiger partial charge in [0, 0.05) is 33.6 Å². The molecule has 0 amide bonds. The van der Waals surface area contributed by atoms with Crippen LogP contribution in [-0.2, 0) is 18.9 Å². The van der Waals surface area contributed by atoms with Crippen LogP contribution < -0.4 is 0 Å². The average molecular weight is 622 g/mol. The Morgan fingerprint density at radius 3 is 2.84 bits per heavy atom. The molecule has 6 atom stereocenters. The Morgan fingerprint density at radius 1 is 1.19 bits per heavy atom. The molecule has 192 valence electrons. The summed E-state index contributed by atoms with van der Waals surface area (Å²) in [6, 6.07) is 15.3. The van der Waals surface area contributed by atoms with Gasteiger partial charge < -0.3 is 18.9 Å². The van der Waals surface area contributed by atoms with E-state index in [1.807, 2.05) is 64.8 Å². The number of aromatic nitrogens is 4. The predicted molar refractivity (Wildman–Crippen MR) is 145 cm³/mol. The van der Waals surface area contributed by atoms with E-state index in [4.69, 9.17) is 30.5 Å². The molecular formula is C25H22BrClN4O4S2. The standard InChI is InChI=1S/C25H22BrClN4O4S2/c1-32-22-20(31-12-17(29-30-31)23-28-9-10-36-23)21-18(13-33-24(35-21)14-5-3-2-4-6-14)34-25(22)37-19-11-15(26)7-8-16(19)27/h2-12,18,20-22,24-25H,13H2,1H3/t18?,20?,21-,22?,24?,25+/m0/s1. The van der Waals surface area contributed by atoms with E-state index in [2.05, 4.69) is 31.2 Å². The first-order chi connectivity index (χ1) is 18.1. The minimum atomic E-state index is -0.531. The van der Waals surface area contributed by atoms with Gasteiger partial charge in [0.05, 0.1) is 17.8 Å². The van der Waals surface area contributed by atoms with Crippen molar-refractivity contribution < 1.29 is 18.9 Å². The number of thioether (sulfide) groups is 1. The average Bonchev–Trinajstić information content (AvgIpc) is 3.63. The molecule has 0 radical (unpaired) electrons. The third-order valence-electron chi connectivity index (χ3n) is 6.26. The van der Waals surface area contributed by atoms with E-state index in [0.29, 0.717) is 17.3 Å². The van der Waals surface area contributed by atoms with Gasteiger partial charge in [0.25, 0.3) is 0 Å². The van der Waals surface area contributed by atoms with Crippen LogP contribution >= 0.6 is 50.6 Å². The number of nitrogens with zero attached hydrogens (tertiary/aromatic N) is 4. The second kappa shape index (κ2) is 11.1. The summed E-state index contributed by atoms with van der Waals surface area (Å²) in [6.45, 7) is 0.356. The van der Waals surface area contributed by atoms with Crippen molar-refractivity contribution >= 4 is 50.6 Å². The molecule has 0 N–H and O–H groups in total.